The molecule has 1 aromatic carbocycles. The van der Waals surface area contributed by atoms with Crippen LogP contribution in [-0.2, 0) is 9.59 Å². The number of likely N-dealkylation sites (tertiary alicyclic amines) is 1. The summed E-state index contributed by atoms with van der Waals surface area (Å²) in [7, 11) is 1.76. The Morgan fingerprint density at radius 2 is 1.95 bits per heavy atom. The van der Waals surface area contributed by atoms with Crippen LogP contribution in [0.15, 0.2) is 28.7 Å². The standard InChI is InChI=1S/C15H20BrN3O2/c1-17-10-14(20)19-8-6-11(7-9-19)15(21)18-13-5-3-2-4-12(13)16/h2-5,11,17H,6-10H2,1H3,(H,18,21). The van der Waals surface area contributed by atoms with Crippen molar-refractivity contribution in [2.24, 2.45) is 5.92 Å². The maximum atomic E-state index is 12.3. The molecule has 1 saturated heterocycles. The summed E-state index contributed by atoms with van der Waals surface area (Å²) in [6.45, 7) is 1.65. The smallest absolute Gasteiger partial charge is 0.236 e. The second kappa shape index (κ2) is 7.56. The third-order valence-electron chi connectivity index (χ3n) is 3.68. The molecule has 1 heterocycles. The SMILES string of the molecule is CNCC(=O)N1CCC(C(=O)Nc2ccccc2Br)CC1. The van der Waals surface area contributed by atoms with Gasteiger partial charge in [-0.2, -0.15) is 0 Å². The lowest BCUT2D eigenvalue weighted by atomic mass is 9.95. The predicted octanol–water partition coefficient (Wildman–Crippen LogP) is 1.85. The maximum Gasteiger partial charge on any atom is 0.236 e. The second-order valence-electron chi connectivity index (χ2n) is 5.15. The minimum Gasteiger partial charge on any atom is -0.342 e. The van der Waals surface area contributed by atoms with Gasteiger partial charge in [0.15, 0.2) is 0 Å². The number of nitrogens with zero attached hydrogens (tertiary/aromatic N) is 1. The highest BCUT2D eigenvalue weighted by Gasteiger charge is 2.27. The van der Waals surface area contributed by atoms with Gasteiger partial charge in [-0.25, -0.2) is 0 Å². The molecule has 2 amide bonds. The van der Waals surface area contributed by atoms with E-state index in [4.69, 9.17) is 0 Å². The zero-order valence-corrected chi connectivity index (χ0v) is 13.6. The van der Waals surface area contributed by atoms with E-state index < -0.39 is 0 Å². The van der Waals surface area contributed by atoms with E-state index in [2.05, 4.69) is 26.6 Å². The fourth-order valence-electron chi connectivity index (χ4n) is 2.45. The van der Waals surface area contributed by atoms with Crippen LogP contribution in [0.3, 0.4) is 0 Å². The van der Waals surface area contributed by atoms with E-state index in [1.54, 1.807) is 7.05 Å². The first-order valence-corrected chi connectivity index (χ1v) is 7.89. The molecule has 21 heavy (non-hydrogen) atoms. The largest absolute Gasteiger partial charge is 0.342 e. The summed E-state index contributed by atoms with van der Waals surface area (Å²) in [6.07, 6.45) is 1.43. The number of rotatable bonds is 4. The molecule has 0 aliphatic carbocycles. The molecule has 114 valence electrons. The molecule has 2 N–H and O–H groups in total. The number of halogens is 1. The molecule has 6 heteroatoms. The molecule has 1 aromatic rings. The van der Waals surface area contributed by atoms with Gasteiger partial charge in [-0.05, 0) is 48.0 Å². The van der Waals surface area contributed by atoms with Crippen LogP contribution in [0.2, 0.25) is 0 Å². The van der Waals surface area contributed by atoms with Crippen molar-refractivity contribution in [1.29, 1.82) is 0 Å². The number of carbonyl (C=O) groups excluding carboxylic acids is 2. The van der Waals surface area contributed by atoms with Gasteiger partial charge < -0.3 is 15.5 Å². The van der Waals surface area contributed by atoms with Crippen LogP contribution in [0.1, 0.15) is 12.8 Å². The van der Waals surface area contributed by atoms with Crippen molar-refractivity contribution in [3.63, 3.8) is 0 Å². The molecule has 0 radical (unpaired) electrons. The Morgan fingerprint density at radius 3 is 2.57 bits per heavy atom. The van der Waals surface area contributed by atoms with Crippen molar-refractivity contribution in [3.8, 4) is 0 Å². The summed E-state index contributed by atoms with van der Waals surface area (Å²) in [5.74, 6) is 0.0977. The van der Waals surface area contributed by atoms with Gasteiger partial charge in [0.25, 0.3) is 0 Å². The highest BCUT2D eigenvalue weighted by atomic mass is 79.9. The molecule has 0 aromatic heterocycles. The first-order valence-electron chi connectivity index (χ1n) is 7.09. The average Bonchev–Trinajstić information content (AvgIpc) is 2.50. The van der Waals surface area contributed by atoms with Crippen molar-refractivity contribution in [1.82, 2.24) is 10.2 Å². The average molecular weight is 354 g/mol. The zero-order valence-electron chi connectivity index (χ0n) is 12.1. The van der Waals surface area contributed by atoms with Gasteiger partial charge in [-0.15, -0.1) is 0 Å². The van der Waals surface area contributed by atoms with Gasteiger partial charge in [0.1, 0.15) is 0 Å². The molecule has 5 nitrogen and oxygen atoms in total. The van der Waals surface area contributed by atoms with Crippen LogP contribution in [-0.4, -0.2) is 43.4 Å². The molecule has 1 aliphatic heterocycles. The quantitative estimate of drug-likeness (QED) is 0.868. The molecule has 0 bridgehead atoms. The molecule has 0 spiro atoms. The Balaban J connectivity index is 1.86. The third kappa shape index (κ3) is 4.28. The predicted molar refractivity (Wildman–Crippen MR) is 86.0 cm³/mol. The van der Waals surface area contributed by atoms with Gasteiger partial charge in [-0.1, -0.05) is 12.1 Å². The highest BCUT2D eigenvalue weighted by Crippen LogP contribution is 2.24. The van der Waals surface area contributed by atoms with Crippen molar-refractivity contribution < 1.29 is 9.59 Å². The molecule has 0 unspecified atom stereocenters. The summed E-state index contributed by atoms with van der Waals surface area (Å²) in [6, 6.07) is 7.56. The summed E-state index contributed by atoms with van der Waals surface area (Å²) in [5, 5.41) is 5.81. The van der Waals surface area contributed by atoms with Crippen molar-refractivity contribution in [2.45, 2.75) is 12.8 Å². The Bertz CT molecular complexity index is 513. The number of anilines is 1. The topological polar surface area (TPSA) is 61.4 Å². The van der Waals surface area contributed by atoms with Crippen LogP contribution in [0.5, 0.6) is 0 Å². The minimum atomic E-state index is -0.0317. The maximum absolute atomic E-state index is 12.3. The lowest BCUT2D eigenvalue weighted by molar-refractivity contribution is -0.133. The van der Waals surface area contributed by atoms with E-state index in [1.165, 1.54) is 0 Å². The van der Waals surface area contributed by atoms with Crippen molar-refractivity contribution >= 4 is 33.4 Å². The lowest BCUT2D eigenvalue weighted by Gasteiger charge is -2.31. The molecular formula is C15H20BrN3O2. The van der Waals surface area contributed by atoms with E-state index >= 15 is 0 Å². The number of hydrogen-bond donors (Lipinski definition) is 2. The van der Waals surface area contributed by atoms with Crippen LogP contribution in [0.4, 0.5) is 5.69 Å². The first kappa shape index (κ1) is 16.0. The van der Waals surface area contributed by atoms with Crippen molar-refractivity contribution in [2.75, 3.05) is 32.0 Å². The summed E-state index contributed by atoms with van der Waals surface area (Å²) >= 11 is 3.42. The van der Waals surface area contributed by atoms with Crippen LogP contribution in [0.25, 0.3) is 0 Å². The van der Waals surface area contributed by atoms with Gasteiger partial charge >= 0.3 is 0 Å². The van der Waals surface area contributed by atoms with Gasteiger partial charge in [0.2, 0.25) is 11.8 Å². The van der Waals surface area contributed by atoms with E-state index in [9.17, 15) is 9.59 Å². The van der Waals surface area contributed by atoms with Crippen LogP contribution >= 0.6 is 15.9 Å². The Hall–Kier alpha value is -1.40. The molecule has 1 fully saturated rings. The molecular weight excluding hydrogens is 334 g/mol. The van der Waals surface area contributed by atoms with Gasteiger partial charge in [0.05, 0.1) is 12.2 Å². The lowest BCUT2D eigenvalue weighted by Crippen LogP contribution is -2.44. The second-order valence-corrected chi connectivity index (χ2v) is 6.01. The Labute approximate surface area is 133 Å². The first-order chi connectivity index (χ1) is 10.1. The number of carbonyl (C=O) groups is 2. The van der Waals surface area contributed by atoms with Crippen LogP contribution < -0.4 is 10.6 Å². The molecule has 0 atom stereocenters. The fraction of sp³-hybridized carbons (Fsp3) is 0.467. The number of hydrogen-bond acceptors (Lipinski definition) is 3. The number of piperidine rings is 1. The summed E-state index contributed by atoms with van der Waals surface area (Å²) in [5.41, 5.74) is 0.788. The number of amides is 2. The molecule has 2 rings (SSSR count). The number of benzene rings is 1. The zero-order chi connectivity index (χ0) is 15.2. The third-order valence-corrected chi connectivity index (χ3v) is 4.37. The number of para-hydroxylation sites is 1. The number of nitrogens with one attached hydrogen (secondary N) is 2. The normalized spacial score (nSPS) is 15.8. The fourth-order valence-corrected chi connectivity index (χ4v) is 2.84. The Kier molecular flexibility index (Phi) is 5.76. The van der Waals surface area contributed by atoms with Crippen molar-refractivity contribution in [3.05, 3.63) is 28.7 Å². The van der Waals surface area contributed by atoms with E-state index in [1.807, 2.05) is 29.2 Å². The highest BCUT2D eigenvalue weighted by molar-refractivity contribution is 9.10. The molecule has 1 aliphatic rings. The monoisotopic (exact) mass is 353 g/mol. The Morgan fingerprint density at radius 1 is 1.29 bits per heavy atom. The van der Waals surface area contributed by atoms with E-state index in [-0.39, 0.29) is 17.7 Å². The van der Waals surface area contributed by atoms with Gasteiger partial charge in [-0.3, -0.25) is 9.59 Å². The number of likely N-dealkylation sites (N-methyl/N-ethyl adjacent to an activating group) is 1. The molecule has 0 saturated carbocycles. The van der Waals surface area contributed by atoms with E-state index in [0.717, 1.165) is 10.2 Å². The van der Waals surface area contributed by atoms with Gasteiger partial charge in [0, 0.05) is 23.5 Å². The van der Waals surface area contributed by atoms with Crippen LogP contribution in [0, 0.1) is 5.92 Å². The summed E-state index contributed by atoms with van der Waals surface area (Å²) in [4.78, 5) is 25.9. The van der Waals surface area contributed by atoms with E-state index in [0.29, 0.717) is 32.5 Å². The minimum absolute atomic E-state index is 0.0302. The summed E-state index contributed by atoms with van der Waals surface area (Å²) < 4.78 is 0.875.